The zero-order chi connectivity index (χ0) is 26.4. The highest BCUT2D eigenvalue weighted by Crippen LogP contribution is 2.28. The van der Waals surface area contributed by atoms with Crippen LogP contribution in [0.25, 0.3) is 5.57 Å². The Kier molecular flexibility index (Phi) is 8.07. The Balaban J connectivity index is 1.52. The van der Waals surface area contributed by atoms with Crippen LogP contribution in [0.5, 0.6) is 11.5 Å². The molecule has 3 N–H and O–H groups in total. The highest BCUT2D eigenvalue weighted by atomic mass is 32.2. The number of anilines is 2. The molecule has 194 valence electrons. The fraction of sp³-hybridized carbons (Fsp3) is 0.231. The molecule has 0 spiro atoms. The molecule has 0 saturated carbocycles. The number of methoxy groups -OCH3 is 2. The second-order valence-corrected chi connectivity index (χ2v) is 10.1. The molecule has 1 aliphatic heterocycles. The molecule has 0 amide bonds. The number of hydrogen-bond acceptors (Lipinski definition) is 9. The Hall–Kier alpha value is -3.93. The lowest BCUT2D eigenvalue weighted by Crippen LogP contribution is -2.40. The summed E-state index contributed by atoms with van der Waals surface area (Å²) < 4.78 is 43.1. The van der Waals surface area contributed by atoms with Crippen molar-refractivity contribution in [1.82, 2.24) is 9.29 Å². The monoisotopic (exact) mass is 524 g/mol. The van der Waals surface area contributed by atoms with Crippen LogP contribution in [-0.2, 0) is 14.8 Å². The summed E-state index contributed by atoms with van der Waals surface area (Å²) in [4.78, 5) is 17.7. The molecule has 1 saturated heterocycles. The Bertz CT molecular complexity index is 1380. The number of nitrogens with zero attached hydrogens (tertiary/aromatic N) is 2. The molecule has 1 aliphatic rings. The zero-order valence-corrected chi connectivity index (χ0v) is 21.3. The van der Waals surface area contributed by atoms with Crippen molar-refractivity contribution in [1.29, 1.82) is 0 Å². The van der Waals surface area contributed by atoms with Gasteiger partial charge in [0.15, 0.2) is 5.78 Å². The second kappa shape index (κ2) is 11.4. The minimum Gasteiger partial charge on any atom is -0.497 e. The normalized spacial score (nSPS) is 14.7. The van der Waals surface area contributed by atoms with E-state index in [0.29, 0.717) is 60.4 Å². The molecule has 0 bridgehead atoms. The fourth-order valence-corrected chi connectivity index (χ4v) is 5.30. The number of benzene rings is 2. The lowest BCUT2D eigenvalue weighted by molar-refractivity contribution is 0.0730. The van der Waals surface area contributed by atoms with Crippen molar-refractivity contribution in [2.75, 3.05) is 45.8 Å². The van der Waals surface area contributed by atoms with E-state index in [4.69, 9.17) is 19.9 Å². The summed E-state index contributed by atoms with van der Waals surface area (Å²) in [5.41, 5.74) is 7.50. The molecule has 3 aromatic rings. The van der Waals surface area contributed by atoms with E-state index in [1.54, 1.807) is 54.6 Å². The summed E-state index contributed by atoms with van der Waals surface area (Å²) in [5.74, 6) is 1.11. The van der Waals surface area contributed by atoms with Crippen LogP contribution in [0.1, 0.15) is 15.9 Å². The van der Waals surface area contributed by atoms with E-state index in [9.17, 15) is 13.2 Å². The van der Waals surface area contributed by atoms with Gasteiger partial charge in [-0.1, -0.05) is 6.07 Å². The Morgan fingerprint density at radius 2 is 1.73 bits per heavy atom. The molecule has 11 heteroatoms. The van der Waals surface area contributed by atoms with Crippen molar-refractivity contribution in [2.24, 2.45) is 5.73 Å². The van der Waals surface area contributed by atoms with Crippen LogP contribution in [0.3, 0.4) is 0 Å². The summed E-state index contributed by atoms with van der Waals surface area (Å²) in [5, 5.41) is 3.11. The third-order valence-electron chi connectivity index (χ3n) is 5.81. The summed E-state index contributed by atoms with van der Waals surface area (Å²) in [6.45, 7) is 1.39. The number of aromatic nitrogens is 1. The molecular weight excluding hydrogens is 496 g/mol. The van der Waals surface area contributed by atoms with E-state index in [0.717, 1.165) is 0 Å². The SMILES string of the molecule is COc1cc(OC)cc(C(=O)/C(=C/N)c2ccc(Nc3cccc(S(=O)(=O)N4CCOCC4)c3)nc2)c1. The Labute approximate surface area is 215 Å². The predicted molar refractivity (Wildman–Crippen MR) is 140 cm³/mol. The van der Waals surface area contributed by atoms with E-state index in [1.807, 2.05) is 0 Å². The first-order valence-electron chi connectivity index (χ1n) is 11.5. The maximum atomic E-state index is 13.2. The van der Waals surface area contributed by atoms with Gasteiger partial charge in [0.25, 0.3) is 0 Å². The van der Waals surface area contributed by atoms with Crippen molar-refractivity contribution in [3.8, 4) is 11.5 Å². The first-order chi connectivity index (χ1) is 17.8. The molecule has 1 aromatic heterocycles. The molecule has 4 rings (SSSR count). The van der Waals surface area contributed by atoms with E-state index in [-0.39, 0.29) is 16.3 Å². The minimum absolute atomic E-state index is 0.184. The number of allylic oxidation sites excluding steroid dienone is 1. The van der Waals surface area contributed by atoms with Gasteiger partial charge in [-0.15, -0.1) is 0 Å². The first-order valence-corrected chi connectivity index (χ1v) is 12.9. The highest BCUT2D eigenvalue weighted by molar-refractivity contribution is 7.89. The average Bonchev–Trinajstić information content (AvgIpc) is 2.94. The van der Waals surface area contributed by atoms with Crippen LogP contribution >= 0.6 is 0 Å². The number of hydrogen-bond donors (Lipinski definition) is 2. The number of sulfonamides is 1. The zero-order valence-electron chi connectivity index (χ0n) is 20.5. The maximum absolute atomic E-state index is 13.2. The van der Waals surface area contributed by atoms with Gasteiger partial charge in [-0.05, 0) is 42.5 Å². The molecule has 0 unspecified atom stereocenters. The molecular formula is C26H28N4O6S. The average molecular weight is 525 g/mol. The topological polar surface area (TPSA) is 133 Å². The first kappa shape index (κ1) is 26.1. The Morgan fingerprint density at radius 3 is 2.32 bits per heavy atom. The summed E-state index contributed by atoms with van der Waals surface area (Å²) in [6, 6.07) is 14.8. The minimum atomic E-state index is -3.63. The molecule has 0 atom stereocenters. The molecule has 37 heavy (non-hydrogen) atoms. The maximum Gasteiger partial charge on any atom is 0.243 e. The molecule has 0 radical (unpaired) electrons. The van der Waals surface area contributed by atoms with Gasteiger partial charge in [0.2, 0.25) is 10.0 Å². The lowest BCUT2D eigenvalue weighted by atomic mass is 9.98. The quantitative estimate of drug-likeness (QED) is 0.320. The standard InChI is InChI=1S/C26H28N4O6S/c1-34-21-12-19(13-22(15-21)35-2)26(31)24(16-27)18-6-7-25(28-17-18)29-20-4-3-5-23(14-20)37(32,33)30-8-10-36-11-9-30/h3-7,12-17H,8-11,27H2,1-2H3,(H,28,29)/b24-16+. The number of carbonyl (C=O) groups is 1. The van der Waals surface area contributed by atoms with Gasteiger partial charge in [-0.2, -0.15) is 4.31 Å². The van der Waals surface area contributed by atoms with Crippen LogP contribution in [-0.4, -0.2) is 64.0 Å². The van der Waals surface area contributed by atoms with E-state index in [1.165, 1.54) is 30.9 Å². The molecule has 10 nitrogen and oxygen atoms in total. The summed E-state index contributed by atoms with van der Waals surface area (Å²) >= 11 is 0. The van der Waals surface area contributed by atoms with Crippen LogP contribution in [0.2, 0.25) is 0 Å². The predicted octanol–water partition coefficient (Wildman–Crippen LogP) is 3.05. The Morgan fingerprint density at radius 1 is 1.03 bits per heavy atom. The largest absolute Gasteiger partial charge is 0.497 e. The number of pyridine rings is 1. The van der Waals surface area contributed by atoms with Gasteiger partial charge in [0.05, 0.1) is 32.3 Å². The van der Waals surface area contributed by atoms with Crippen molar-refractivity contribution in [2.45, 2.75) is 4.90 Å². The number of Topliss-reactive ketones (excluding diaryl/α,β-unsaturated/α-hetero) is 1. The van der Waals surface area contributed by atoms with Crippen molar-refractivity contribution >= 4 is 32.9 Å². The molecule has 0 aliphatic carbocycles. The number of ether oxygens (including phenoxy) is 3. The number of ketones is 1. The van der Waals surface area contributed by atoms with E-state index in [2.05, 4.69) is 10.3 Å². The highest BCUT2D eigenvalue weighted by Gasteiger charge is 2.26. The smallest absolute Gasteiger partial charge is 0.243 e. The number of rotatable bonds is 9. The van der Waals surface area contributed by atoms with Crippen molar-refractivity contribution in [3.63, 3.8) is 0 Å². The van der Waals surface area contributed by atoms with Gasteiger partial charge < -0.3 is 25.3 Å². The number of nitrogens with one attached hydrogen (secondary N) is 1. The van der Waals surface area contributed by atoms with Crippen molar-refractivity contribution in [3.05, 3.63) is 78.1 Å². The number of nitrogens with two attached hydrogens (primary N) is 1. The van der Waals surface area contributed by atoms with Gasteiger partial charge in [-0.3, -0.25) is 4.79 Å². The van der Waals surface area contributed by atoms with Crippen LogP contribution in [0, 0.1) is 0 Å². The third kappa shape index (κ3) is 5.91. The van der Waals surface area contributed by atoms with Gasteiger partial charge in [0, 0.05) is 53.9 Å². The summed E-state index contributed by atoms with van der Waals surface area (Å²) in [7, 11) is -0.616. The number of morpholine rings is 1. The molecule has 2 aromatic carbocycles. The van der Waals surface area contributed by atoms with Gasteiger partial charge >= 0.3 is 0 Å². The molecule has 1 fully saturated rings. The van der Waals surface area contributed by atoms with Crippen molar-refractivity contribution < 1.29 is 27.4 Å². The summed E-state index contributed by atoms with van der Waals surface area (Å²) in [6.07, 6.45) is 2.75. The van der Waals surface area contributed by atoms with E-state index >= 15 is 0 Å². The number of carbonyl (C=O) groups excluding carboxylic acids is 1. The van der Waals surface area contributed by atoms with Gasteiger partial charge in [0.1, 0.15) is 17.3 Å². The second-order valence-electron chi connectivity index (χ2n) is 8.11. The van der Waals surface area contributed by atoms with Crippen LogP contribution < -0.4 is 20.5 Å². The molecule has 2 heterocycles. The fourth-order valence-electron chi connectivity index (χ4n) is 3.84. The van der Waals surface area contributed by atoms with Crippen LogP contribution in [0.4, 0.5) is 11.5 Å². The van der Waals surface area contributed by atoms with Crippen LogP contribution in [0.15, 0.2) is 71.9 Å². The lowest BCUT2D eigenvalue weighted by Gasteiger charge is -2.26. The third-order valence-corrected chi connectivity index (χ3v) is 7.71. The van der Waals surface area contributed by atoms with E-state index < -0.39 is 10.0 Å². The van der Waals surface area contributed by atoms with Gasteiger partial charge in [-0.25, -0.2) is 13.4 Å².